The number of nitrogens with one attached hydrogen (secondary N) is 3. The molecule has 0 saturated heterocycles. The zero-order valence-corrected chi connectivity index (χ0v) is 21.9. The number of primary amides is 1. The number of carboxylic acid groups (broad SMARTS) is 1. The van der Waals surface area contributed by atoms with E-state index in [4.69, 9.17) is 28.7 Å². The molecule has 0 saturated carbocycles. The molecule has 15 nitrogen and oxygen atoms in total. The number of rotatable bonds is 20. The third-order valence-electron chi connectivity index (χ3n) is 5.15. The maximum atomic E-state index is 13.1. The Balaban J connectivity index is 5.55. The SMILES string of the molecule is CSCCC(NC(=O)C(CC(N)=O)NC(=O)C(CCCN=C(N)N)NC(=O)C(N)CCCCN)C(=O)O. The van der Waals surface area contributed by atoms with Gasteiger partial charge in [0.1, 0.15) is 18.1 Å². The van der Waals surface area contributed by atoms with Gasteiger partial charge in [-0.3, -0.25) is 24.2 Å². The Kier molecular flexibility index (Phi) is 17.5. The first-order chi connectivity index (χ1) is 17.4. The van der Waals surface area contributed by atoms with Crippen LogP contribution in [0.15, 0.2) is 4.99 Å². The van der Waals surface area contributed by atoms with Gasteiger partial charge in [0.25, 0.3) is 0 Å². The molecule has 0 fully saturated rings. The summed E-state index contributed by atoms with van der Waals surface area (Å²) in [6.07, 6.45) is 3.36. The number of thioether (sulfide) groups is 1. The van der Waals surface area contributed by atoms with Crippen LogP contribution in [0.25, 0.3) is 0 Å². The topological polar surface area (TPSA) is 284 Å². The molecule has 4 atom stereocenters. The molecule has 14 N–H and O–H groups in total. The number of guanidine groups is 1. The summed E-state index contributed by atoms with van der Waals surface area (Å²) in [6, 6.07) is -4.72. The van der Waals surface area contributed by atoms with Gasteiger partial charge in [-0.1, -0.05) is 6.42 Å². The molecule has 0 rings (SSSR count). The molecule has 0 aromatic rings. The summed E-state index contributed by atoms with van der Waals surface area (Å²) in [5, 5.41) is 16.6. The van der Waals surface area contributed by atoms with E-state index in [1.807, 2.05) is 0 Å². The Morgan fingerprint density at radius 2 is 1.43 bits per heavy atom. The molecule has 37 heavy (non-hydrogen) atoms. The second-order valence-electron chi connectivity index (χ2n) is 8.31. The Labute approximate surface area is 220 Å². The molecule has 0 aromatic heterocycles. The molecule has 0 heterocycles. The van der Waals surface area contributed by atoms with Crippen LogP contribution >= 0.6 is 11.8 Å². The van der Waals surface area contributed by atoms with Crippen LogP contribution in [0.5, 0.6) is 0 Å². The maximum absolute atomic E-state index is 13.1. The molecular weight excluding hydrogens is 506 g/mol. The normalized spacial score (nSPS) is 13.9. The predicted octanol–water partition coefficient (Wildman–Crippen LogP) is -3.34. The van der Waals surface area contributed by atoms with Gasteiger partial charge in [-0.15, -0.1) is 0 Å². The highest BCUT2D eigenvalue weighted by molar-refractivity contribution is 7.98. The molecule has 0 bridgehead atoms. The first kappa shape index (κ1) is 33.9. The van der Waals surface area contributed by atoms with Crippen molar-refractivity contribution in [2.45, 2.75) is 69.1 Å². The van der Waals surface area contributed by atoms with Gasteiger partial charge in [0.2, 0.25) is 23.6 Å². The molecule has 0 spiro atoms. The molecule has 0 aliphatic carbocycles. The van der Waals surface area contributed by atoms with Crippen molar-refractivity contribution in [1.29, 1.82) is 0 Å². The Hall–Kier alpha value is -3.11. The van der Waals surface area contributed by atoms with Crippen molar-refractivity contribution in [3.63, 3.8) is 0 Å². The number of amides is 4. The van der Waals surface area contributed by atoms with E-state index in [9.17, 15) is 29.1 Å². The first-order valence-electron chi connectivity index (χ1n) is 11.8. The van der Waals surface area contributed by atoms with Crippen LogP contribution in [0.3, 0.4) is 0 Å². The lowest BCUT2D eigenvalue weighted by atomic mass is 10.1. The number of carboxylic acids is 1. The summed E-state index contributed by atoms with van der Waals surface area (Å²) in [5.41, 5.74) is 27.2. The summed E-state index contributed by atoms with van der Waals surface area (Å²) in [7, 11) is 0. The van der Waals surface area contributed by atoms with Crippen molar-refractivity contribution < 1.29 is 29.1 Å². The highest BCUT2D eigenvalue weighted by Gasteiger charge is 2.31. The minimum atomic E-state index is -1.46. The van der Waals surface area contributed by atoms with Crippen molar-refractivity contribution in [3.8, 4) is 0 Å². The number of nitrogens with zero attached hydrogens (tertiary/aromatic N) is 1. The van der Waals surface area contributed by atoms with Crippen molar-refractivity contribution in [2.24, 2.45) is 33.7 Å². The van der Waals surface area contributed by atoms with Gasteiger partial charge in [0.05, 0.1) is 12.5 Å². The lowest BCUT2D eigenvalue weighted by Crippen LogP contribution is -2.57. The Morgan fingerprint density at radius 3 is 1.97 bits per heavy atom. The highest BCUT2D eigenvalue weighted by Crippen LogP contribution is 2.06. The summed E-state index contributed by atoms with van der Waals surface area (Å²) in [4.78, 5) is 65.3. The minimum absolute atomic E-state index is 0.0836. The fourth-order valence-corrected chi connectivity index (χ4v) is 3.61. The second-order valence-corrected chi connectivity index (χ2v) is 9.30. The Morgan fingerprint density at radius 1 is 0.838 bits per heavy atom. The standard InChI is InChI=1S/C21H41N9O6S/c1-37-10-7-14(20(35)36)29-19(34)15(11-16(24)31)30-18(33)13(6-4-9-27-21(25)26)28-17(32)12(23)5-2-3-8-22/h12-15H,2-11,22-23H2,1H3,(H2,24,31)(H,28,32)(H,29,34)(H,30,33)(H,35,36)(H4,25,26,27). The number of carbonyl (C=O) groups is 5. The van der Waals surface area contributed by atoms with Crippen LogP contribution < -0.4 is 44.6 Å². The van der Waals surface area contributed by atoms with E-state index in [0.29, 0.717) is 38.0 Å². The zero-order valence-electron chi connectivity index (χ0n) is 21.1. The summed E-state index contributed by atoms with van der Waals surface area (Å²) >= 11 is 1.39. The molecule has 0 aliphatic rings. The van der Waals surface area contributed by atoms with E-state index >= 15 is 0 Å². The van der Waals surface area contributed by atoms with Crippen molar-refractivity contribution in [3.05, 3.63) is 0 Å². The smallest absolute Gasteiger partial charge is 0.326 e. The summed E-state index contributed by atoms with van der Waals surface area (Å²) < 4.78 is 0. The average molecular weight is 548 g/mol. The molecule has 0 aromatic carbocycles. The average Bonchev–Trinajstić information content (AvgIpc) is 2.82. The van der Waals surface area contributed by atoms with E-state index in [1.165, 1.54) is 11.8 Å². The fraction of sp³-hybridized carbons (Fsp3) is 0.714. The van der Waals surface area contributed by atoms with E-state index in [2.05, 4.69) is 20.9 Å². The number of unbranched alkanes of at least 4 members (excludes halogenated alkanes) is 1. The monoisotopic (exact) mass is 547 g/mol. The molecule has 16 heteroatoms. The number of carbonyl (C=O) groups excluding carboxylic acids is 4. The molecule has 4 unspecified atom stereocenters. The van der Waals surface area contributed by atoms with E-state index < -0.39 is 60.2 Å². The number of aliphatic imine (C=N–C) groups is 1. The molecule has 212 valence electrons. The minimum Gasteiger partial charge on any atom is -0.480 e. The number of nitrogens with two attached hydrogens (primary N) is 5. The first-order valence-corrected chi connectivity index (χ1v) is 13.2. The van der Waals surface area contributed by atoms with Crippen molar-refractivity contribution in [2.75, 3.05) is 25.1 Å². The fourth-order valence-electron chi connectivity index (χ4n) is 3.14. The lowest BCUT2D eigenvalue weighted by Gasteiger charge is -2.24. The van der Waals surface area contributed by atoms with Gasteiger partial charge in [-0.05, 0) is 50.7 Å². The zero-order chi connectivity index (χ0) is 28.4. The maximum Gasteiger partial charge on any atom is 0.326 e. The number of hydrogen-bond acceptors (Lipinski definition) is 9. The third kappa shape index (κ3) is 15.6. The number of aliphatic carboxylic acids is 1. The van der Waals surface area contributed by atoms with Gasteiger partial charge in [-0.2, -0.15) is 11.8 Å². The van der Waals surface area contributed by atoms with Crippen LogP contribution in [0.1, 0.15) is 44.9 Å². The van der Waals surface area contributed by atoms with E-state index in [-0.39, 0.29) is 25.3 Å². The third-order valence-corrected chi connectivity index (χ3v) is 5.79. The van der Waals surface area contributed by atoms with Crippen LogP contribution in [0.4, 0.5) is 0 Å². The predicted molar refractivity (Wildman–Crippen MR) is 141 cm³/mol. The number of hydrogen-bond donors (Lipinski definition) is 9. The molecular formula is C21H41N9O6S. The lowest BCUT2D eigenvalue weighted by molar-refractivity contribution is -0.142. The van der Waals surface area contributed by atoms with Gasteiger partial charge in [0, 0.05) is 6.54 Å². The van der Waals surface area contributed by atoms with Crippen LogP contribution in [0.2, 0.25) is 0 Å². The van der Waals surface area contributed by atoms with Gasteiger partial charge in [0.15, 0.2) is 5.96 Å². The van der Waals surface area contributed by atoms with E-state index in [0.717, 1.165) is 0 Å². The van der Waals surface area contributed by atoms with Crippen LogP contribution in [0, 0.1) is 0 Å². The second kappa shape index (κ2) is 19.1. The molecule has 4 amide bonds. The largest absolute Gasteiger partial charge is 0.480 e. The molecule has 0 aliphatic heterocycles. The summed E-state index contributed by atoms with van der Waals surface area (Å²) in [6.45, 7) is 0.624. The highest BCUT2D eigenvalue weighted by atomic mass is 32.2. The van der Waals surface area contributed by atoms with Gasteiger partial charge >= 0.3 is 5.97 Å². The van der Waals surface area contributed by atoms with Crippen molar-refractivity contribution >= 4 is 47.3 Å². The van der Waals surface area contributed by atoms with Crippen LogP contribution in [-0.4, -0.2) is 89.9 Å². The summed E-state index contributed by atoms with van der Waals surface area (Å²) in [5.74, 6) is -4.11. The quantitative estimate of drug-likeness (QED) is 0.0412. The van der Waals surface area contributed by atoms with E-state index in [1.54, 1.807) is 6.26 Å². The van der Waals surface area contributed by atoms with Gasteiger partial charge < -0.3 is 49.7 Å². The van der Waals surface area contributed by atoms with Gasteiger partial charge in [-0.25, -0.2) is 4.79 Å². The molecule has 0 radical (unpaired) electrons. The van der Waals surface area contributed by atoms with Crippen molar-refractivity contribution in [1.82, 2.24) is 16.0 Å². The van der Waals surface area contributed by atoms with Crippen LogP contribution in [-0.2, 0) is 24.0 Å². The Bertz CT molecular complexity index is 794.